The molecule has 4 rings (SSSR count). The van der Waals surface area contributed by atoms with Crippen LogP contribution in [0.4, 0.5) is 5.95 Å². The third-order valence-corrected chi connectivity index (χ3v) is 5.07. The molecular weight excluding hydrogens is 312 g/mol. The Hall–Kier alpha value is -2.47. The molecule has 0 amide bonds. The van der Waals surface area contributed by atoms with E-state index in [2.05, 4.69) is 40.2 Å². The number of likely N-dealkylation sites (tertiary alicyclic amines) is 1. The molecule has 1 aliphatic heterocycles. The van der Waals surface area contributed by atoms with Crippen molar-refractivity contribution in [2.24, 2.45) is 5.92 Å². The molecule has 3 heterocycles. The smallest absolute Gasteiger partial charge is 0.224 e. The van der Waals surface area contributed by atoms with E-state index < -0.39 is 0 Å². The summed E-state index contributed by atoms with van der Waals surface area (Å²) in [7, 11) is 2.19. The molecule has 1 fully saturated rings. The second-order valence-electron chi connectivity index (χ2n) is 6.94. The predicted octanol–water partition coefficient (Wildman–Crippen LogP) is 2.96. The van der Waals surface area contributed by atoms with E-state index in [0.29, 0.717) is 17.9 Å². The molecule has 0 bridgehead atoms. The molecule has 1 N–H and O–H groups in total. The minimum absolute atomic E-state index is 0.345. The Morgan fingerprint density at radius 2 is 2.08 bits per heavy atom. The fourth-order valence-electron chi connectivity index (χ4n) is 3.63. The Balaban J connectivity index is 1.55. The van der Waals surface area contributed by atoms with Gasteiger partial charge >= 0.3 is 0 Å². The highest BCUT2D eigenvalue weighted by Gasteiger charge is 2.23. The average Bonchev–Trinajstić information content (AvgIpc) is 3.06. The fourth-order valence-corrected chi connectivity index (χ4v) is 3.63. The van der Waals surface area contributed by atoms with E-state index in [9.17, 15) is 0 Å². The highest BCUT2D eigenvalue weighted by Crippen LogP contribution is 2.21. The van der Waals surface area contributed by atoms with Gasteiger partial charge in [-0.3, -0.25) is 4.57 Å². The van der Waals surface area contributed by atoms with E-state index in [1.54, 1.807) is 6.20 Å². The molecular formula is C19H24N6. The van der Waals surface area contributed by atoms with Gasteiger partial charge in [-0.05, 0) is 57.5 Å². The largest absolute Gasteiger partial charge is 0.351 e. The number of nitrogens with zero attached hydrogens (tertiary/aromatic N) is 5. The maximum atomic E-state index is 4.71. The lowest BCUT2D eigenvalue weighted by Crippen LogP contribution is -2.40. The Morgan fingerprint density at radius 3 is 2.96 bits per heavy atom. The molecule has 6 nitrogen and oxygen atoms in total. The quantitative estimate of drug-likeness (QED) is 0.794. The van der Waals surface area contributed by atoms with Crippen molar-refractivity contribution in [1.82, 2.24) is 24.4 Å². The SMILES string of the molecule is CC(Nc1nccc(-n2cnc3ccccc32)n1)C1CCCN(C)C1. The van der Waals surface area contributed by atoms with Crippen molar-refractivity contribution < 1.29 is 0 Å². The molecule has 1 saturated heterocycles. The second kappa shape index (κ2) is 6.80. The van der Waals surface area contributed by atoms with Crippen LogP contribution in [0.2, 0.25) is 0 Å². The number of anilines is 1. The lowest BCUT2D eigenvalue weighted by atomic mass is 9.92. The van der Waals surface area contributed by atoms with Crippen molar-refractivity contribution in [2.45, 2.75) is 25.8 Å². The predicted molar refractivity (Wildman–Crippen MR) is 100.0 cm³/mol. The first-order chi connectivity index (χ1) is 12.2. The molecule has 6 heteroatoms. The molecule has 0 spiro atoms. The number of para-hydroxylation sites is 2. The first-order valence-electron chi connectivity index (χ1n) is 8.91. The van der Waals surface area contributed by atoms with Gasteiger partial charge in [-0.2, -0.15) is 4.98 Å². The third kappa shape index (κ3) is 3.35. The van der Waals surface area contributed by atoms with E-state index in [-0.39, 0.29) is 0 Å². The van der Waals surface area contributed by atoms with Gasteiger partial charge in [0.1, 0.15) is 12.1 Å². The summed E-state index contributed by atoms with van der Waals surface area (Å²) in [6, 6.07) is 10.3. The van der Waals surface area contributed by atoms with Gasteiger partial charge in [0, 0.05) is 18.8 Å². The van der Waals surface area contributed by atoms with Crippen molar-refractivity contribution in [3.63, 3.8) is 0 Å². The zero-order valence-corrected chi connectivity index (χ0v) is 14.8. The first kappa shape index (κ1) is 16.0. The lowest BCUT2D eigenvalue weighted by molar-refractivity contribution is 0.197. The van der Waals surface area contributed by atoms with E-state index in [1.807, 2.05) is 35.2 Å². The number of hydrogen-bond acceptors (Lipinski definition) is 5. The molecule has 130 valence electrons. The normalized spacial score (nSPS) is 19.8. The number of imidazole rings is 1. The summed E-state index contributed by atoms with van der Waals surface area (Å²) in [5, 5.41) is 3.50. The molecule has 2 atom stereocenters. The Kier molecular flexibility index (Phi) is 4.36. The number of hydrogen-bond donors (Lipinski definition) is 1. The van der Waals surface area contributed by atoms with E-state index in [4.69, 9.17) is 4.98 Å². The van der Waals surface area contributed by atoms with Gasteiger partial charge in [0.15, 0.2) is 0 Å². The highest BCUT2D eigenvalue weighted by atomic mass is 15.2. The van der Waals surface area contributed by atoms with Crippen LogP contribution in [0.1, 0.15) is 19.8 Å². The minimum atomic E-state index is 0.345. The van der Waals surface area contributed by atoms with Gasteiger partial charge in [0.05, 0.1) is 11.0 Å². The summed E-state index contributed by atoms with van der Waals surface area (Å²) in [4.78, 5) is 16.0. The van der Waals surface area contributed by atoms with Crippen molar-refractivity contribution in [1.29, 1.82) is 0 Å². The van der Waals surface area contributed by atoms with Crippen LogP contribution in [-0.4, -0.2) is 50.6 Å². The van der Waals surface area contributed by atoms with E-state index >= 15 is 0 Å². The van der Waals surface area contributed by atoms with E-state index in [1.165, 1.54) is 19.4 Å². The van der Waals surface area contributed by atoms with Crippen LogP contribution in [0, 0.1) is 5.92 Å². The zero-order valence-electron chi connectivity index (χ0n) is 14.8. The number of aromatic nitrogens is 4. The standard InChI is InChI=1S/C19H24N6/c1-14(15-6-5-11-24(2)12-15)22-19-20-10-9-18(23-19)25-13-21-16-7-3-4-8-17(16)25/h3-4,7-10,13-15H,5-6,11-12H2,1-2H3,(H,20,22,23). The van der Waals surface area contributed by atoms with Gasteiger partial charge in [-0.25, -0.2) is 9.97 Å². The molecule has 0 saturated carbocycles. The molecule has 25 heavy (non-hydrogen) atoms. The first-order valence-corrected chi connectivity index (χ1v) is 8.91. The number of nitrogens with one attached hydrogen (secondary N) is 1. The van der Waals surface area contributed by atoms with Crippen LogP contribution < -0.4 is 5.32 Å². The summed E-state index contributed by atoms with van der Waals surface area (Å²) in [6.07, 6.45) is 6.13. The monoisotopic (exact) mass is 336 g/mol. The fraction of sp³-hybridized carbons (Fsp3) is 0.421. The van der Waals surface area contributed by atoms with Crippen LogP contribution in [0.5, 0.6) is 0 Å². The summed E-state index contributed by atoms with van der Waals surface area (Å²) in [5.74, 6) is 2.13. The molecule has 1 aliphatic rings. The Labute approximate surface area is 147 Å². The molecule has 2 aromatic heterocycles. The van der Waals surface area contributed by atoms with Crippen LogP contribution in [0.15, 0.2) is 42.9 Å². The minimum Gasteiger partial charge on any atom is -0.351 e. The lowest BCUT2D eigenvalue weighted by Gasteiger charge is -2.33. The van der Waals surface area contributed by atoms with Crippen molar-refractivity contribution >= 4 is 17.0 Å². The topological polar surface area (TPSA) is 58.9 Å². The molecule has 0 aliphatic carbocycles. The van der Waals surface area contributed by atoms with Crippen LogP contribution in [-0.2, 0) is 0 Å². The van der Waals surface area contributed by atoms with Crippen LogP contribution in [0.25, 0.3) is 16.9 Å². The zero-order chi connectivity index (χ0) is 17.2. The summed E-state index contributed by atoms with van der Waals surface area (Å²) < 4.78 is 2.00. The molecule has 1 aromatic carbocycles. The molecule has 0 radical (unpaired) electrons. The van der Waals surface area contributed by atoms with Crippen LogP contribution in [0.3, 0.4) is 0 Å². The number of piperidine rings is 1. The van der Waals surface area contributed by atoms with Crippen molar-refractivity contribution in [3.8, 4) is 5.82 Å². The van der Waals surface area contributed by atoms with Gasteiger partial charge < -0.3 is 10.2 Å². The Bertz CT molecular complexity index is 858. The van der Waals surface area contributed by atoms with Crippen molar-refractivity contribution in [2.75, 3.05) is 25.5 Å². The third-order valence-electron chi connectivity index (χ3n) is 5.07. The summed E-state index contributed by atoms with van der Waals surface area (Å²) >= 11 is 0. The summed E-state index contributed by atoms with van der Waals surface area (Å²) in [5.41, 5.74) is 2.02. The maximum Gasteiger partial charge on any atom is 0.224 e. The number of rotatable bonds is 4. The van der Waals surface area contributed by atoms with Gasteiger partial charge in [-0.1, -0.05) is 12.1 Å². The van der Waals surface area contributed by atoms with Gasteiger partial charge in [0.2, 0.25) is 5.95 Å². The number of fused-ring (bicyclic) bond motifs is 1. The maximum absolute atomic E-state index is 4.71. The highest BCUT2D eigenvalue weighted by molar-refractivity contribution is 5.76. The molecule has 2 unspecified atom stereocenters. The number of benzene rings is 1. The van der Waals surface area contributed by atoms with Gasteiger partial charge in [0.25, 0.3) is 0 Å². The van der Waals surface area contributed by atoms with E-state index in [0.717, 1.165) is 23.4 Å². The van der Waals surface area contributed by atoms with Crippen molar-refractivity contribution in [3.05, 3.63) is 42.9 Å². The summed E-state index contributed by atoms with van der Waals surface area (Å²) in [6.45, 7) is 4.55. The van der Waals surface area contributed by atoms with Crippen LogP contribution >= 0.6 is 0 Å². The van der Waals surface area contributed by atoms with Gasteiger partial charge in [-0.15, -0.1) is 0 Å². The average molecular weight is 336 g/mol. The Morgan fingerprint density at radius 1 is 1.20 bits per heavy atom. The second-order valence-corrected chi connectivity index (χ2v) is 6.94. The molecule has 3 aromatic rings.